The van der Waals surface area contributed by atoms with Gasteiger partial charge in [-0.3, -0.25) is 4.79 Å². The molecule has 0 spiro atoms. The van der Waals surface area contributed by atoms with Crippen LogP contribution in [-0.4, -0.2) is 54.2 Å². The van der Waals surface area contributed by atoms with Crippen molar-refractivity contribution in [2.45, 2.75) is 56.6 Å². The van der Waals surface area contributed by atoms with E-state index in [1.54, 1.807) is 13.4 Å². The van der Waals surface area contributed by atoms with Gasteiger partial charge in [-0.05, 0) is 37.7 Å². The van der Waals surface area contributed by atoms with Gasteiger partial charge in [-0.25, -0.2) is 4.98 Å². The quantitative estimate of drug-likeness (QED) is 0.827. The normalized spacial score (nSPS) is 34.8. The van der Waals surface area contributed by atoms with Crippen molar-refractivity contribution in [1.29, 1.82) is 0 Å². The number of piperidine rings is 1. The lowest BCUT2D eigenvalue weighted by Crippen LogP contribution is -2.66. The fourth-order valence-electron chi connectivity index (χ4n) is 5.98. The Morgan fingerprint density at radius 2 is 2.28 bits per heavy atom. The van der Waals surface area contributed by atoms with Gasteiger partial charge in [0.15, 0.2) is 5.89 Å². The Hall–Kier alpha value is -1.92. The molecule has 6 heteroatoms. The van der Waals surface area contributed by atoms with Gasteiger partial charge in [-0.1, -0.05) is 24.6 Å². The van der Waals surface area contributed by atoms with E-state index in [0.29, 0.717) is 18.9 Å². The summed E-state index contributed by atoms with van der Waals surface area (Å²) in [6, 6.07) is 0. The van der Waals surface area contributed by atoms with Gasteiger partial charge in [0.25, 0.3) is 0 Å². The van der Waals surface area contributed by atoms with Crippen molar-refractivity contribution in [2.24, 2.45) is 11.8 Å². The van der Waals surface area contributed by atoms with E-state index in [4.69, 9.17) is 9.15 Å². The molecule has 3 heterocycles. The molecule has 4 unspecified atom stereocenters. The highest BCUT2D eigenvalue weighted by Gasteiger charge is 2.62. The number of aryl methyl sites for hydroxylation is 1. The van der Waals surface area contributed by atoms with E-state index in [1.807, 2.05) is 6.92 Å². The average molecular weight is 398 g/mol. The molecule has 0 aromatic carbocycles. The molecule has 1 N–H and O–H groups in total. The van der Waals surface area contributed by atoms with Gasteiger partial charge in [-0.2, -0.15) is 0 Å². The summed E-state index contributed by atoms with van der Waals surface area (Å²) in [6.45, 7) is 4.33. The van der Waals surface area contributed by atoms with Crippen LogP contribution in [0.4, 0.5) is 0 Å². The van der Waals surface area contributed by atoms with Gasteiger partial charge < -0.3 is 19.4 Å². The number of carbonyl (C=O) groups is 1. The van der Waals surface area contributed by atoms with Crippen LogP contribution in [0.1, 0.15) is 49.6 Å². The number of amides is 1. The molecule has 1 saturated carbocycles. The molecule has 1 aromatic rings. The molecule has 1 aromatic heterocycles. The first-order chi connectivity index (χ1) is 14.1. The smallest absolute Gasteiger partial charge is 0.223 e. The number of oxazole rings is 1. The van der Waals surface area contributed by atoms with Crippen LogP contribution in [0, 0.1) is 18.8 Å². The van der Waals surface area contributed by atoms with E-state index in [0.717, 1.165) is 31.1 Å². The third-order valence-corrected chi connectivity index (χ3v) is 7.61. The van der Waals surface area contributed by atoms with Crippen molar-refractivity contribution in [1.82, 2.24) is 15.2 Å². The summed E-state index contributed by atoms with van der Waals surface area (Å²) in [5.74, 6) is 2.01. The van der Waals surface area contributed by atoms with E-state index >= 15 is 0 Å². The molecule has 6 nitrogen and oxygen atoms in total. The number of nitrogens with one attached hydrogen (secondary N) is 1. The van der Waals surface area contributed by atoms with E-state index in [9.17, 15) is 4.79 Å². The number of likely N-dealkylation sites (tertiary alicyclic amines) is 1. The minimum Gasteiger partial charge on any atom is -0.448 e. The number of nitrogens with zero attached hydrogens (tertiary/aromatic N) is 2. The number of ether oxygens (including phenoxy) is 1. The highest BCUT2D eigenvalue weighted by molar-refractivity contribution is 5.81. The summed E-state index contributed by atoms with van der Waals surface area (Å²) >= 11 is 0. The van der Waals surface area contributed by atoms with Gasteiger partial charge in [0, 0.05) is 39.1 Å². The maximum atomic E-state index is 13.4. The second-order valence-electron chi connectivity index (χ2n) is 9.13. The Labute approximate surface area is 172 Å². The SMILES string of the molecule is COC1C=C(CN2C(=O)CC3C(c4nc(C)co4)CNCC32C2CCC2)C=CC1. The second-order valence-corrected chi connectivity index (χ2v) is 9.13. The van der Waals surface area contributed by atoms with Crippen LogP contribution in [0.5, 0.6) is 0 Å². The number of hydrogen-bond acceptors (Lipinski definition) is 5. The molecule has 0 radical (unpaired) electrons. The van der Waals surface area contributed by atoms with Gasteiger partial charge in [0.2, 0.25) is 5.91 Å². The summed E-state index contributed by atoms with van der Waals surface area (Å²) in [5, 5.41) is 3.66. The molecule has 156 valence electrons. The Morgan fingerprint density at radius 1 is 1.41 bits per heavy atom. The molecular formula is C23H31N3O3. The maximum Gasteiger partial charge on any atom is 0.223 e. The van der Waals surface area contributed by atoms with Crippen LogP contribution < -0.4 is 5.32 Å². The molecule has 2 aliphatic heterocycles. The predicted molar refractivity (Wildman–Crippen MR) is 109 cm³/mol. The maximum absolute atomic E-state index is 13.4. The monoisotopic (exact) mass is 397 g/mol. The Kier molecular flexibility index (Phi) is 4.87. The first kappa shape index (κ1) is 19.1. The van der Waals surface area contributed by atoms with Gasteiger partial charge >= 0.3 is 0 Å². The topological polar surface area (TPSA) is 67.6 Å². The minimum absolute atomic E-state index is 0.107. The van der Waals surface area contributed by atoms with Gasteiger partial charge in [-0.15, -0.1) is 0 Å². The van der Waals surface area contributed by atoms with Gasteiger partial charge in [0.05, 0.1) is 23.3 Å². The Morgan fingerprint density at radius 3 is 2.97 bits per heavy atom. The minimum atomic E-state index is -0.144. The van der Waals surface area contributed by atoms with E-state index in [2.05, 4.69) is 33.4 Å². The summed E-state index contributed by atoms with van der Waals surface area (Å²) in [4.78, 5) is 20.2. The van der Waals surface area contributed by atoms with Crippen molar-refractivity contribution < 1.29 is 13.9 Å². The highest BCUT2D eigenvalue weighted by atomic mass is 16.5. The first-order valence-electron chi connectivity index (χ1n) is 10.9. The number of methoxy groups -OCH3 is 1. The molecule has 29 heavy (non-hydrogen) atoms. The number of hydrogen-bond donors (Lipinski definition) is 1. The average Bonchev–Trinajstić information content (AvgIpc) is 3.23. The lowest BCUT2D eigenvalue weighted by Gasteiger charge is -2.55. The van der Waals surface area contributed by atoms with Crippen molar-refractivity contribution in [3.8, 4) is 0 Å². The van der Waals surface area contributed by atoms with E-state index < -0.39 is 0 Å². The highest BCUT2D eigenvalue weighted by Crippen LogP contribution is 2.54. The zero-order valence-corrected chi connectivity index (χ0v) is 17.4. The fourth-order valence-corrected chi connectivity index (χ4v) is 5.98. The van der Waals surface area contributed by atoms with Crippen molar-refractivity contribution >= 4 is 5.91 Å². The fraction of sp³-hybridized carbons (Fsp3) is 0.652. The van der Waals surface area contributed by atoms with Crippen LogP contribution in [0.3, 0.4) is 0 Å². The standard InChI is InChI=1S/C23H31N3O3/c1-15-13-29-22(25-15)19-11-24-14-23(17-6-4-7-17)20(19)10-21(27)26(23)12-16-5-3-8-18(9-16)28-2/h3,5,9,13,17-20,24H,4,6-8,10-12,14H2,1-2H3. The van der Waals surface area contributed by atoms with Crippen LogP contribution in [0.15, 0.2) is 34.5 Å². The Bertz CT molecular complexity index is 840. The van der Waals surface area contributed by atoms with E-state index in [1.165, 1.54) is 24.8 Å². The zero-order chi connectivity index (χ0) is 20.0. The summed E-state index contributed by atoms with van der Waals surface area (Å²) in [6.07, 6.45) is 13.5. The molecule has 2 saturated heterocycles. The molecular weight excluding hydrogens is 366 g/mol. The van der Waals surface area contributed by atoms with Crippen LogP contribution in [0.2, 0.25) is 0 Å². The number of fused-ring (bicyclic) bond motifs is 1. The molecule has 3 fully saturated rings. The predicted octanol–water partition coefficient (Wildman–Crippen LogP) is 2.96. The third kappa shape index (κ3) is 3.08. The van der Waals surface area contributed by atoms with Crippen LogP contribution in [-0.2, 0) is 9.53 Å². The molecule has 0 bridgehead atoms. The number of rotatable bonds is 5. The molecule has 5 rings (SSSR count). The van der Waals surface area contributed by atoms with Crippen LogP contribution >= 0.6 is 0 Å². The largest absolute Gasteiger partial charge is 0.448 e. The molecule has 4 atom stereocenters. The summed E-state index contributed by atoms with van der Waals surface area (Å²) in [5.41, 5.74) is 1.95. The van der Waals surface area contributed by atoms with Crippen molar-refractivity contribution in [3.05, 3.63) is 41.6 Å². The number of carbonyl (C=O) groups excluding carboxylic acids is 1. The lowest BCUT2D eigenvalue weighted by molar-refractivity contribution is -0.134. The summed E-state index contributed by atoms with van der Waals surface area (Å²) in [7, 11) is 1.75. The lowest BCUT2D eigenvalue weighted by atomic mass is 9.60. The molecule has 1 amide bonds. The number of aromatic nitrogens is 1. The summed E-state index contributed by atoms with van der Waals surface area (Å²) < 4.78 is 11.4. The Balaban J connectivity index is 1.49. The molecule has 2 aliphatic carbocycles. The van der Waals surface area contributed by atoms with Crippen molar-refractivity contribution in [3.63, 3.8) is 0 Å². The zero-order valence-electron chi connectivity index (χ0n) is 17.4. The van der Waals surface area contributed by atoms with Gasteiger partial charge in [0.1, 0.15) is 6.26 Å². The third-order valence-electron chi connectivity index (χ3n) is 7.61. The van der Waals surface area contributed by atoms with Crippen LogP contribution in [0.25, 0.3) is 0 Å². The van der Waals surface area contributed by atoms with E-state index in [-0.39, 0.29) is 29.4 Å². The first-order valence-corrected chi connectivity index (χ1v) is 10.9. The second kappa shape index (κ2) is 7.40. The van der Waals surface area contributed by atoms with Crippen molar-refractivity contribution in [2.75, 3.05) is 26.7 Å². The molecule has 4 aliphatic rings.